The second-order valence-electron chi connectivity index (χ2n) is 3.55. The molecule has 0 amide bonds. The largest absolute Gasteiger partial charge is 0.378 e. The highest BCUT2D eigenvalue weighted by molar-refractivity contribution is 9.09. The number of halogens is 1. The number of hydrogen-bond donors (Lipinski definition) is 0. The van der Waals surface area contributed by atoms with Crippen LogP contribution in [0.1, 0.15) is 12.5 Å². The van der Waals surface area contributed by atoms with Crippen molar-refractivity contribution in [3.63, 3.8) is 0 Å². The van der Waals surface area contributed by atoms with Gasteiger partial charge in [-0.2, -0.15) is 0 Å². The Morgan fingerprint density at radius 2 is 2.08 bits per heavy atom. The van der Waals surface area contributed by atoms with Gasteiger partial charge in [0.05, 0.1) is 0 Å². The summed E-state index contributed by atoms with van der Waals surface area (Å²) in [6.07, 6.45) is 1.08. The number of alkyl halides is 1. The molecule has 1 aromatic carbocycles. The van der Waals surface area contributed by atoms with Crippen molar-refractivity contribution in [1.82, 2.24) is 0 Å². The lowest BCUT2D eigenvalue weighted by Crippen LogP contribution is -2.09. The van der Waals surface area contributed by atoms with Gasteiger partial charge in [-0.3, -0.25) is 0 Å². The van der Waals surface area contributed by atoms with Crippen LogP contribution in [0.3, 0.4) is 0 Å². The van der Waals surface area contributed by atoms with Crippen molar-refractivity contribution in [2.24, 2.45) is 0 Å². The summed E-state index contributed by atoms with van der Waals surface area (Å²) in [5.41, 5.74) is 2.65. The summed E-state index contributed by atoms with van der Waals surface area (Å²) in [6.45, 7) is 2.17. The Kier molecular flexibility index (Phi) is 3.79. The van der Waals surface area contributed by atoms with Crippen molar-refractivity contribution < 1.29 is 0 Å². The molecule has 0 heterocycles. The Balaban J connectivity index is 2.79. The number of anilines is 1. The van der Waals surface area contributed by atoms with E-state index >= 15 is 0 Å². The molecular weight excluding hydrogens is 226 g/mol. The molecule has 0 fully saturated rings. The van der Waals surface area contributed by atoms with Crippen LogP contribution in [0.5, 0.6) is 0 Å². The summed E-state index contributed by atoms with van der Waals surface area (Å²) in [7, 11) is 4.13. The first-order valence-electron chi connectivity index (χ1n) is 4.50. The van der Waals surface area contributed by atoms with Crippen molar-refractivity contribution in [2.75, 3.05) is 19.0 Å². The second kappa shape index (κ2) is 4.66. The van der Waals surface area contributed by atoms with Crippen molar-refractivity contribution in [1.29, 1.82) is 0 Å². The van der Waals surface area contributed by atoms with Crippen LogP contribution in [0.4, 0.5) is 5.69 Å². The highest BCUT2D eigenvalue weighted by Crippen LogP contribution is 2.16. The molecule has 0 aliphatic rings. The lowest BCUT2D eigenvalue weighted by atomic mass is 10.1. The second-order valence-corrected chi connectivity index (χ2v) is 5.11. The fraction of sp³-hybridized carbons (Fsp3) is 0.455. The lowest BCUT2D eigenvalue weighted by molar-refractivity contribution is 0.957. The molecule has 0 radical (unpaired) electrons. The first-order valence-corrected chi connectivity index (χ1v) is 5.41. The van der Waals surface area contributed by atoms with E-state index in [9.17, 15) is 0 Å². The van der Waals surface area contributed by atoms with Gasteiger partial charge in [0.2, 0.25) is 0 Å². The van der Waals surface area contributed by atoms with Crippen LogP contribution in [0.15, 0.2) is 24.3 Å². The number of benzene rings is 1. The van der Waals surface area contributed by atoms with Crippen molar-refractivity contribution >= 4 is 21.6 Å². The quantitative estimate of drug-likeness (QED) is 0.736. The molecule has 0 bridgehead atoms. The molecule has 72 valence electrons. The molecule has 0 N–H and O–H groups in total. The molecule has 0 aliphatic carbocycles. The molecule has 0 aromatic heterocycles. The van der Waals surface area contributed by atoms with Gasteiger partial charge in [0.15, 0.2) is 0 Å². The fourth-order valence-electron chi connectivity index (χ4n) is 1.29. The van der Waals surface area contributed by atoms with Gasteiger partial charge in [0.1, 0.15) is 0 Å². The molecule has 0 saturated heterocycles. The molecule has 1 nitrogen and oxygen atoms in total. The van der Waals surface area contributed by atoms with E-state index in [2.05, 4.69) is 66.1 Å². The molecule has 1 aromatic rings. The topological polar surface area (TPSA) is 3.24 Å². The van der Waals surface area contributed by atoms with Crippen LogP contribution in [0, 0.1) is 0 Å². The molecule has 1 rings (SSSR count). The summed E-state index contributed by atoms with van der Waals surface area (Å²) in [5.74, 6) is 0. The van der Waals surface area contributed by atoms with Crippen LogP contribution in [0.2, 0.25) is 0 Å². The third kappa shape index (κ3) is 3.39. The summed E-state index contributed by atoms with van der Waals surface area (Å²) >= 11 is 3.56. The minimum absolute atomic E-state index is 0.546. The van der Waals surface area contributed by atoms with E-state index in [0.29, 0.717) is 4.83 Å². The van der Waals surface area contributed by atoms with Crippen molar-refractivity contribution in [3.8, 4) is 0 Å². The van der Waals surface area contributed by atoms with Gasteiger partial charge in [0.25, 0.3) is 0 Å². The fourth-order valence-corrected chi connectivity index (χ4v) is 1.66. The smallest absolute Gasteiger partial charge is 0.0363 e. The van der Waals surface area contributed by atoms with Crippen molar-refractivity contribution in [3.05, 3.63) is 29.8 Å². The van der Waals surface area contributed by atoms with E-state index < -0.39 is 0 Å². The number of hydrogen-bond acceptors (Lipinski definition) is 1. The third-order valence-corrected chi connectivity index (χ3v) is 2.27. The molecule has 0 saturated carbocycles. The highest BCUT2D eigenvalue weighted by atomic mass is 79.9. The van der Waals surface area contributed by atoms with Gasteiger partial charge < -0.3 is 4.90 Å². The predicted molar refractivity (Wildman–Crippen MR) is 62.9 cm³/mol. The van der Waals surface area contributed by atoms with E-state index in [4.69, 9.17) is 0 Å². The monoisotopic (exact) mass is 241 g/mol. The minimum atomic E-state index is 0.546. The molecule has 1 unspecified atom stereocenters. The third-order valence-electron chi connectivity index (χ3n) is 1.94. The Bertz CT molecular complexity index is 269. The maximum absolute atomic E-state index is 3.56. The SMILES string of the molecule is CC(Br)Cc1cccc(N(C)C)c1. The summed E-state index contributed by atoms with van der Waals surface area (Å²) in [4.78, 5) is 2.67. The van der Waals surface area contributed by atoms with E-state index in [1.54, 1.807) is 0 Å². The Morgan fingerprint density at radius 3 is 2.62 bits per heavy atom. The van der Waals surface area contributed by atoms with Crippen LogP contribution >= 0.6 is 15.9 Å². The molecule has 0 aliphatic heterocycles. The maximum Gasteiger partial charge on any atom is 0.0363 e. The zero-order chi connectivity index (χ0) is 9.84. The molecule has 1 atom stereocenters. The molecular formula is C11H16BrN. The molecule has 0 spiro atoms. The summed E-state index contributed by atoms with van der Waals surface area (Å²) < 4.78 is 0. The summed E-state index contributed by atoms with van der Waals surface area (Å²) in [6, 6.07) is 8.64. The average molecular weight is 242 g/mol. The Labute approximate surface area is 88.9 Å². The van der Waals surface area contributed by atoms with E-state index in [-0.39, 0.29) is 0 Å². The first kappa shape index (κ1) is 10.6. The maximum atomic E-state index is 3.56. The lowest BCUT2D eigenvalue weighted by Gasteiger charge is -2.13. The van der Waals surface area contributed by atoms with Gasteiger partial charge in [0, 0.05) is 24.6 Å². The normalized spacial score (nSPS) is 12.6. The van der Waals surface area contributed by atoms with Crippen LogP contribution < -0.4 is 4.90 Å². The van der Waals surface area contributed by atoms with Gasteiger partial charge >= 0.3 is 0 Å². The highest BCUT2D eigenvalue weighted by Gasteiger charge is 2.00. The minimum Gasteiger partial charge on any atom is -0.378 e. The number of rotatable bonds is 3. The van der Waals surface area contributed by atoms with Gasteiger partial charge in [-0.05, 0) is 24.1 Å². The van der Waals surface area contributed by atoms with E-state index in [1.165, 1.54) is 11.3 Å². The standard InChI is InChI=1S/C11H16BrN/c1-9(12)7-10-5-4-6-11(8-10)13(2)3/h4-6,8-9H,7H2,1-3H3. The predicted octanol–water partition coefficient (Wildman–Crippen LogP) is 3.08. The van der Waals surface area contributed by atoms with Crippen LogP contribution in [-0.4, -0.2) is 18.9 Å². The number of nitrogens with zero attached hydrogens (tertiary/aromatic N) is 1. The van der Waals surface area contributed by atoms with E-state index in [0.717, 1.165) is 6.42 Å². The van der Waals surface area contributed by atoms with Crippen molar-refractivity contribution in [2.45, 2.75) is 18.2 Å². The first-order chi connectivity index (χ1) is 6.09. The average Bonchev–Trinajstić information content (AvgIpc) is 2.03. The van der Waals surface area contributed by atoms with Gasteiger partial charge in [-0.15, -0.1) is 0 Å². The summed E-state index contributed by atoms with van der Waals surface area (Å²) in [5, 5.41) is 0. The zero-order valence-electron chi connectivity index (χ0n) is 8.42. The molecule has 2 heteroatoms. The molecule has 13 heavy (non-hydrogen) atoms. The Morgan fingerprint density at radius 1 is 1.38 bits per heavy atom. The van der Waals surface area contributed by atoms with Crippen LogP contribution in [0.25, 0.3) is 0 Å². The Hall–Kier alpha value is -0.500. The zero-order valence-corrected chi connectivity index (χ0v) is 10.0. The van der Waals surface area contributed by atoms with Gasteiger partial charge in [-0.25, -0.2) is 0 Å². The van der Waals surface area contributed by atoms with E-state index in [1.807, 2.05) is 0 Å². The van der Waals surface area contributed by atoms with Gasteiger partial charge in [-0.1, -0.05) is 35.0 Å². The van der Waals surface area contributed by atoms with Crippen LogP contribution in [-0.2, 0) is 6.42 Å².